The van der Waals surface area contributed by atoms with E-state index >= 15 is 4.39 Å². The number of aryl methyl sites for hydroxylation is 1. The van der Waals surface area contributed by atoms with Gasteiger partial charge >= 0.3 is 0 Å². The summed E-state index contributed by atoms with van der Waals surface area (Å²) in [6.07, 6.45) is 9.13. The Morgan fingerprint density at radius 2 is 1.68 bits per heavy atom. The molecule has 0 N–H and O–H groups in total. The van der Waals surface area contributed by atoms with Crippen LogP contribution in [0.25, 0.3) is 28.6 Å². The molecule has 0 fully saturated rings. The Kier molecular flexibility index (Phi) is 5.73. The van der Waals surface area contributed by atoms with Crippen LogP contribution >= 0.6 is 0 Å². The molecule has 0 unspecified atom stereocenters. The van der Waals surface area contributed by atoms with E-state index in [1.54, 1.807) is 31.5 Å². The van der Waals surface area contributed by atoms with E-state index in [1.165, 1.54) is 24.3 Å². The summed E-state index contributed by atoms with van der Waals surface area (Å²) in [7, 11) is 1.75. The second kappa shape index (κ2) is 7.60. The van der Waals surface area contributed by atoms with Crippen molar-refractivity contribution in [3.8, 4) is 0 Å². The Morgan fingerprint density at radius 3 is 2.20 bits per heavy atom. The number of allylic oxidation sites excluding steroid dienone is 6. The summed E-state index contributed by atoms with van der Waals surface area (Å²) in [5.74, 6) is -1.78. The molecule has 2 rings (SSSR count). The Labute approximate surface area is 145 Å². The topological polar surface area (TPSA) is 4.93 Å². The summed E-state index contributed by atoms with van der Waals surface area (Å²) >= 11 is 0. The molecule has 1 aromatic heterocycles. The van der Waals surface area contributed by atoms with Crippen molar-refractivity contribution in [2.75, 3.05) is 0 Å². The normalized spacial score (nSPS) is 15.2. The molecule has 0 aliphatic heterocycles. The monoisotopic (exact) mass is 345 g/mol. The highest BCUT2D eigenvalue weighted by Gasteiger charge is 2.19. The van der Waals surface area contributed by atoms with Gasteiger partial charge in [0.1, 0.15) is 11.6 Å². The first-order valence-corrected chi connectivity index (χ1v) is 8.16. The quantitative estimate of drug-likeness (QED) is 0.698. The van der Waals surface area contributed by atoms with Gasteiger partial charge in [-0.05, 0) is 45.4 Å². The van der Waals surface area contributed by atoms with Gasteiger partial charge in [0.05, 0.1) is 11.1 Å². The third-order valence-electron chi connectivity index (χ3n) is 4.31. The predicted molar refractivity (Wildman–Crippen MR) is 100 cm³/mol. The number of rotatable bonds is 3. The van der Waals surface area contributed by atoms with Crippen molar-refractivity contribution >= 4 is 28.6 Å². The van der Waals surface area contributed by atoms with Gasteiger partial charge in [-0.3, -0.25) is 0 Å². The average molecular weight is 345 g/mol. The van der Waals surface area contributed by atoms with Gasteiger partial charge in [-0.2, -0.15) is 0 Å². The van der Waals surface area contributed by atoms with E-state index < -0.39 is 17.5 Å². The van der Waals surface area contributed by atoms with Gasteiger partial charge in [0, 0.05) is 23.0 Å². The van der Waals surface area contributed by atoms with E-state index in [4.69, 9.17) is 0 Å². The van der Waals surface area contributed by atoms with Gasteiger partial charge < -0.3 is 4.57 Å². The lowest BCUT2D eigenvalue weighted by Gasteiger charge is -2.09. The maximum atomic E-state index is 15.2. The molecule has 0 bridgehead atoms. The zero-order valence-electron chi connectivity index (χ0n) is 15.1. The molecule has 2 aromatic rings. The lowest BCUT2D eigenvalue weighted by molar-refractivity contribution is 0.582. The zero-order chi connectivity index (χ0) is 18.7. The maximum Gasteiger partial charge on any atom is 0.158 e. The molecule has 25 heavy (non-hydrogen) atoms. The number of hydrogen-bond acceptors (Lipinski definition) is 0. The molecule has 0 spiro atoms. The Morgan fingerprint density at radius 1 is 1.00 bits per heavy atom. The number of nitrogens with zero attached hydrogens (tertiary/aromatic N) is 1. The molecule has 0 saturated carbocycles. The standard InChI is InChI=1S/C21H22F3N/c1-6-13(10-11-14(22)7-2)19-17(23)12-16-15(8-3)18(9-4)25(5)21(16)20(19)24/h6-12H,1-5H3/b11-10-,13-6+,14-7+,15-8-,18-9+. The smallest absolute Gasteiger partial charge is 0.158 e. The molecule has 1 heterocycles. The first-order chi connectivity index (χ1) is 11.9. The molecular formula is C21H22F3N. The van der Waals surface area contributed by atoms with E-state index in [1.807, 2.05) is 26.0 Å². The van der Waals surface area contributed by atoms with Crippen LogP contribution in [0.4, 0.5) is 13.2 Å². The molecule has 1 nitrogen and oxygen atoms in total. The molecule has 1 aromatic carbocycles. The number of aromatic nitrogens is 1. The number of halogens is 3. The molecular weight excluding hydrogens is 323 g/mol. The van der Waals surface area contributed by atoms with Crippen molar-refractivity contribution in [2.45, 2.75) is 27.7 Å². The van der Waals surface area contributed by atoms with Crippen LogP contribution in [0.2, 0.25) is 0 Å². The maximum absolute atomic E-state index is 15.2. The first-order valence-electron chi connectivity index (χ1n) is 8.16. The number of hydrogen-bond donors (Lipinski definition) is 0. The highest BCUT2D eigenvalue weighted by Crippen LogP contribution is 2.28. The molecule has 0 amide bonds. The summed E-state index contributed by atoms with van der Waals surface area (Å²) in [6, 6.07) is 1.35. The number of benzene rings is 1. The Hall–Kier alpha value is -2.49. The Bertz CT molecular complexity index is 1020. The van der Waals surface area contributed by atoms with Crippen LogP contribution in [0, 0.1) is 11.6 Å². The zero-order valence-corrected chi connectivity index (χ0v) is 15.1. The summed E-state index contributed by atoms with van der Waals surface area (Å²) in [6.45, 7) is 6.91. The van der Waals surface area contributed by atoms with Crippen LogP contribution in [0.1, 0.15) is 33.3 Å². The molecule has 0 aliphatic carbocycles. The molecule has 0 radical (unpaired) electrons. The summed E-state index contributed by atoms with van der Waals surface area (Å²) in [4.78, 5) is 0. The lowest BCUT2D eigenvalue weighted by Crippen LogP contribution is -2.26. The third-order valence-corrected chi connectivity index (χ3v) is 4.31. The second-order valence-electron chi connectivity index (χ2n) is 5.63. The fourth-order valence-electron chi connectivity index (χ4n) is 3.09. The Balaban J connectivity index is 2.89. The van der Waals surface area contributed by atoms with E-state index in [2.05, 4.69) is 0 Å². The molecule has 132 valence electrons. The van der Waals surface area contributed by atoms with Crippen LogP contribution in [0.5, 0.6) is 0 Å². The summed E-state index contributed by atoms with van der Waals surface area (Å²) in [5, 5.41) is 2.14. The van der Waals surface area contributed by atoms with Gasteiger partial charge in [0.2, 0.25) is 0 Å². The highest BCUT2D eigenvalue weighted by atomic mass is 19.1. The minimum absolute atomic E-state index is 0.152. The fourth-order valence-corrected chi connectivity index (χ4v) is 3.09. The fraction of sp³-hybridized carbons (Fsp3) is 0.238. The van der Waals surface area contributed by atoms with Crippen LogP contribution in [0.15, 0.2) is 36.2 Å². The second-order valence-corrected chi connectivity index (χ2v) is 5.63. The van der Waals surface area contributed by atoms with Crippen molar-refractivity contribution in [1.29, 1.82) is 0 Å². The van der Waals surface area contributed by atoms with Crippen molar-refractivity contribution in [1.82, 2.24) is 4.57 Å². The van der Waals surface area contributed by atoms with E-state index in [0.29, 0.717) is 16.5 Å². The summed E-state index contributed by atoms with van der Waals surface area (Å²) < 4.78 is 45.0. The van der Waals surface area contributed by atoms with E-state index in [0.717, 1.165) is 10.6 Å². The van der Waals surface area contributed by atoms with Crippen LogP contribution in [0.3, 0.4) is 0 Å². The van der Waals surface area contributed by atoms with Gasteiger partial charge in [-0.1, -0.05) is 30.4 Å². The summed E-state index contributed by atoms with van der Waals surface area (Å²) in [5.41, 5.74) is 0.470. The lowest BCUT2D eigenvalue weighted by atomic mass is 10.0. The van der Waals surface area contributed by atoms with Gasteiger partial charge in [0.15, 0.2) is 5.82 Å². The SMILES string of the molecule is C/C=c1\c(=C/C)n(C)c2c(F)c(C(/C=C\C(F)=C/C)=C/C)c(F)cc12. The van der Waals surface area contributed by atoms with Crippen LogP contribution in [-0.4, -0.2) is 4.57 Å². The number of fused-ring (bicyclic) bond motifs is 1. The average Bonchev–Trinajstić information content (AvgIpc) is 2.87. The van der Waals surface area contributed by atoms with Crippen LogP contribution < -0.4 is 10.6 Å². The predicted octanol–water partition coefficient (Wildman–Crippen LogP) is 4.89. The molecule has 4 heteroatoms. The van der Waals surface area contributed by atoms with E-state index in [-0.39, 0.29) is 5.56 Å². The van der Waals surface area contributed by atoms with Crippen molar-refractivity contribution in [2.24, 2.45) is 7.05 Å². The van der Waals surface area contributed by atoms with Crippen molar-refractivity contribution < 1.29 is 13.2 Å². The van der Waals surface area contributed by atoms with Gasteiger partial charge in [-0.15, -0.1) is 0 Å². The third kappa shape index (κ3) is 3.21. The molecule has 0 aliphatic rings. The first kappa shape index (κ1) is 18.8. The van der Waals surface area contributed by atoms with Crippen molar-refractivity contribution in [3.05, 3.63) is 64.0 Å². The minimum Gasteiger partial charge on any atom is -0.341 e. The van der Waals surface area contributed by atoms with Crippen molar-refractivity contribution in [3.63, 3.8) is 0 Å². The van der Waals surface area contributed by atoms with Crippen LogP contribution in [-0.2, 0) is 7.05 Å². The molecule has 0 atom stereocenters. The van der Waals surface area contributed by atoms with E-state index in [9.17, 15) is 8.78 Å². The minimum atomic E-state index is -0.667. The molecule has 0 saturated heterocycles. The largest absolute Gasteiger partial charge is 0.341 e. The van der Waals surface area contributed by atoms with Gasteiger partial charge in [0.25, 0.3) is 0 Å². The van der Waals surface area contributed by atoms with Gasteiger partial charge in [-0.25, -0.2) is 13.2 Å². The highest BCUT2D eigenvalue weighted by molar-refractivity contribution is 5.88.